The highest BCUT2D eigenvalue weighted by atomic mass is 16.6. The van der Waals surface area contributed by atoms with Gasteiger partial charge < -0.3 is 14.2 Å². The van der Waals surface area contributed by atoms with Crippen LogP contribution in [0.4, 0.5) is 0 Å². The van der Waals surface area contributed by atoms with E-state index in [4.69, 9.17) is 14.2 Å². The Balaban J connectivity index is 4.41. The van der Waals surface area contributed by atoms with Gasteiger partial charge in [0.05, 0.1) is 0 Å². The summed E-state index contributed by atoms with van der Waals surface area (Å²) in [6, 6.07) is 0. The first-order valence-electron chi connectivity index (χ1n) is 26.1. The molecule has 0 saturated heterocycles. The number of carbonyl (C=O) groups excluding carboxylic acids is 3. The Morgan fingerprint density at radius 1 is 0.349 bits per heavy atom. The maximum atomic E-state index is 12.8. The molecule has 6 heteroatoms. The molecule has 0 radical (unpaired) electrons. The molecule has 1 unspecified atom stereocenters. The van der Waals surface area contributed by atoms with E-state index in [-0.39, 0.29) is 31.1 Å². The minimum atomic E-state index is -0.795. The summed E-state index contributed by atoms with van der Waals surface area (Å²) in [6.07, 6.45) is 65.6. The Kier molecular flexibility index (Phi) is 48.5. The van der Waals surface area contributed by atoms with Crippen LogP contribution in [0.1, 0.15) is 239 Å². The predicted octanol–water partition coefficient (Wildman–Crippen LogP) is 17.2. The number of esters is 3. The van der Waals surface area contributed by atoms with Gasteiger partial charge in [0, 0.05) is 19.3 Å². The molecule has 0 aliphatic carbocycles. The van der Waals surface area contributed by atoms with Gasteiger partial charge in [0.2, 0.25) is 0 Å². The van der Waals surface area contributed by atoms with Crippen molar-refractivity contribution in [2.24, 2.45) is 0 Å². The van der Waals surface area contributed by atoms with E-state index < -0.39 is 6.10 Å². The largest absolute Gasteiger partial charge is 0.462 e. The third-order valence-corrected chi connectivity index (χ3v) is 10.9. The second-order valence-corrected chi connectivity index (χ2v) is 17.1. The van der Waals surface area contributed by atoms with Gasteiger partial charge in [0.1, 0.15) is 13.2 Å². The van der Waals surface area contributed by atoms with E-state index in [1.165, 1.54) is 89.9 Å². The number of allylic oxidation sites excluding steroid dienone is 14. The molecule has 0 aliphatic heterocycles. The van der Waals surface area contributed by atoms with E-state index in [1.54, 1.807) is 0 Å². The van der Waals surface area contributed by atoms with Gasteiger partial charge in [0.25, 0.3) is 0 Å². The third-order valence-electron chi connectivity index (χ3n) is 10.9. The molecule has 0 saturated carbocycles. The monoisotopic (exact) mass is 877 g/mol. The van der Waals surface area contributed by atoms with Gasteiger partial charge >= 0.3 is 17.9 Å². The van der Waals surface area contributed by atoms with Crippen LogP contribution in [0.5, 0.6) is 0 Å². The number of unbranched alkanes of at least 4 members (excludes halogenated alkanes) is 22. The second-order valence-electron chi connectivity index (χ2n) is 17.1. The molecule has 0 aromatic rings. The summed E-state index contributed by atoms with van der Waals surface area (Å²) in [5.41, 5.74) is 0. The molecule has 0 spiro atoms. The van der Waals surface area contributed by atoms with Crippen LogP contribution in [0.15, 0.2) is 85.1 Å². The Bertz CT molecular complexity index is 1240. The minimum Gasteiger partial charge on any atom is -0.462 e. The van der Waals surface area contributed by atoms with Gasteiger partial charge in [-0.25, -0.2) is 0 Å². The van der Waals surface area contributed by atoms with Crippen molar-refractivity contribution in [3.63, 3.8) is 0 Å². The zero-order valence-electron chi connectivity index (χ0n) is 41.1. The summed E-state index contributed by atoms with van der Waals surface area (Å²) < 4.78 is 16.8. The number of hydrogen-bond donors (Lipinski definition) is 0. The zero-order valence-corrected chi connectivity index (χ0v) is 41.1. The van der Waals surface area contributed by atoms with E-state index in [1.807, 2.05) is 0 Å². The molecule has 0 aromatic carbocycles. The van der Waals surface area contributed by atoms with Crippen LogP contribution < -0.4 is 0 Å². The highest BCUT2D eigenvalue weighted by Crippen LogP contribution is 2.14. The van der Waals surface area contributed by atoms with Crippen molar-refractivity contribution >= 4 is 17.9 Å². The fraction of sp³-hybridized carbons (Fsp3) is 0.702. The number of carbonyl (C=O) groups is 3. The summed E-state index contributed by atoms with van der Waals surface area (Å²) in [7, 11) is 0. The van der Waals surface area contributed by atoms with Gasteiger partial charge in [0.15, 0.2) is 6.10 Å². The van der Waals surface area contributed by atoms with Crippen LogP contribution in [0.25, 0.3) is 0 Å². The zero-order chi connectivity index (χ0) is 45.8. The molecule has 360 valence electrons. The molecular weight excluding hydrogens is 781 g/mol. The molecule has 0 aromatic heterocycles. The quantitative estimate of drug-likeness (QED) is 0.0199. The SMILES string of the molecule is CC/C=C\C/C=C\C/C=C\C/C=C\CCCCCCCCC(=O)OCC(COC(=O)CCCCC/C=C\C=C/CCCC)OC(=O)CCCCCCCCC/C=C\CCCCCC. The lowest BCUT2D eigenvalue weighted by atomic mass is 10.1. The van der Waals surface area contributed by atoms with Crippen LogP contribution >= 0.6 is 0 Å². The van der Waals surface area contributed by atoms with Crippen LogP contribution in [0, 0.1) is 0 Å². The first-order valence-corrected chi connectivity index (χ1v) is 26.1. The van der Waals surface area contributed by atoms with Gasteiger partial charge in [-0.05, 0) is 103 Å². The van der Waals surface area contributed by atoms with Crippen molar-refractivity contribution in [1.29, 1.82) is 0 Å². The van der Waals surface area contributed by atoms with E-state index in [0.29, 0.717) is 19.3 Å². The highest BCUT2D eigenvalue weighted by molar-refractivity contribution is 5.71. The van der Waals surface area contributed by atoms with E-state index >= 15 is 0 Å². The fourth-order valence-corrected chi connectivity index (χ4v) is 6.93. The maximum Gasteiger partial charge on any atom is 0.306 e. The third kappa shape index (κ3) is 49.5. The molecule has 1 atom stereocenters. The first kappa shape index (κ1) is 59.6. The summed E-state index contributed by atoms with van der Waals surface area (Å²) in [5, 5.41) is 0. The van der Waals surface area contributed by atoms with Gasteiger partial charge in [-0.3, -0.25) is 14.4 Å². The van der Waals surface area contributed by atoms with Gasteiger partial charge in [-0.1, -0.05) is 202 Å². The van der Waals surface area contributed by atoms with Crippen molar-refractivity contribution in [3.8, 4) is 0 Å². The molecule has 0 bridgehead atoms. The Hall–Kier alpha value is -3.41. The summed E-state index contributed by atoms with van der Waals surface area (Å²) >= 11 is 0. The molecule has 63 heavy (non-hydrogen) atoms. The van der Waals surface area contributed by atoms with E-state index in [9.17, 15) is 14.4 Å². The van der Waals surface area contributed by atoms with Crippen LogP contribution in [0.3, 0.4) is 0 Å². The van der Waals surface area contributed by atoms with Crippen molar-refractivity contribution in [2.75, 3.05) is 13.2 Å². The lowest BCUT2D eigenvalue weighted by molar-refractivity contribution is -0.167. The number of ether oxygens (including phenoxy) is 3. The van der Waals surface area contributed by atoms with Crippen molar-refractivity contribution in [1.82, 2.24) is 0 Å². The van der Waals surface area contributed by atoms with E-state index in [2.05, 4.69) is 106 Å². The maximum absolute atomic E-state index is 12.8. The summed E-state index contributed by atoms with van der Waals surface area (Å²) in [4.78, 5) is 38.0. The predicted molar refractivity (Wildman–Crippen MR) is 270 cm³/mol. The number of rotatable bonds is 46. The van der Waals surface area contributed by atoms with Crippen molar-refractivity contribution in [3.05, 3.63) is 85.1 Å². The normalized spacial score (nSPS) is 12.7. The molecule has 0 rings (SSSR count). The molecular formula is C57H96O6. The standard InChI is InChI=1S/C57H96O6/c1-4-7-10-13-16-19-22-24-26-27-28-29-31-32-35-38-41-44-47-50-56(59)62-53-54(52-61-55(58)49-46-43-40-37-34-21-18-15-12-9-6-3)63-57(60)51-48-45-42-39-36-33-30-25-23-20-17-14-11-8-5-2/h7,10,15-16,18-21,23-24,26,28-29,34,54H,4-6,8-9,11-14,17,22,25,27,30-33,35-53H2,1-3H3/b10-7-,18-15-,19-16-,23-20-,26-24-,29-28-,34-21-. The molecule has 0 amide bonds. The topological polar surface area (TPSA) is 78.9 Å². The van der Waals surface area contributed by atoms with Gasteiger partial charge in [-0.15, -0.1) is 0 Å². The Morgan fingerprint density at radius 3 is 1.14 bits per heavy atom. The Labute approximate surface area is 388 Å². The average Bonchev–Trinajstić information content (AvgIpc) is 3.28. The highest BCUT2D eigenvalue weighted by Gasteiger charge is 2.19. The first-order chi connectivity index (χ1) is 31.0. The van der Waals surface area contributed by atoms with Crippen molar-refractivity contribution < 1.29 is 28.6 Å². The van der Waals surface area contributed by atoms with Gasteiger partial charge in [-0.2, -0.15) is 0 Å². The van der Waals surface area contributed by atoms with Crippen LogP contribution in [-0.4, -0.2) is 37.2 Å². The van der Waals surface area contributed by atoms with Crippen LogP contribution in [0.2, 0.25) is 0 Å². The van der Waals surface area contributed by atoms with Crippen LogP contribution in [-0.2, 0) is 28.6 Å². The Morgan fingerprint density at radius 2 is 0.683 bits per heavy atom. The fourth-order valence-electron chi connectivity index (χ4n) is 6.93. The lowest BCUT2D eigenvalue weighted by Gasteiger charge is -2.18. The van der Waals surface area contributed by atoms with E-state index in [0.717, 1.165) is 109 Å². The second kappa shape index (κ2) is 51.2. The number of hydrogen-bond acceptors (Lipinski definition) is 6. The van der Waals surface area contributed by atoms with Crippen molar-refractivity contribution in [2.45, 2.75) is 245 Å². The molecule has 0 fully saturated rings. The molecule has 0 heterocycles. The minimum absolute atomic E-state index is 0.0948. The molecule has 0 aliphatic rings. The average molecular weight is 877 g/mol. The summed E-state index contributed by atoms with van der Waals surface area (Å²) in [6.45, 7) is 6.42. The molecule has 6 nitrogen and oxygen atoms in total. The summed E-state index contributed by atoms with van der Waals surface area (Å²) in [5.74, 6) is -0.942. The smallest absolute Gasteiger partial charge is 0.306 e. The molecule has 0 N–H and O–H groups in total. The lowest BCUT2D eigenvalue weighted by Crippen LogP contribution is -2.30.